The number of aromatic nitrogens is 2. The van der Waals surface area contributed by atoms with Gasteiger partial charge < -0.3 is 30.1 Å². The van der Waals surface area contributed by atoms with E-state index < -0.39 is 5.41 Å². The molecular weight excluding hydrogens is 518 g/mol. The topological polar surface area (TPSA) is 103 Å². The monoisotopic (exact) mass is 563 g/mol. The first-order valence-corrected chi connectivity index (χ1v) is 15.1. The lowest BCUT2D eigenvalue weighted by Gasteiger charge is -2.34. The van der Waals surface area contributed by atoms with Crippen LogP contribution >= 0.6 is 0 Å². The van der Waals surface area contributed by atoms with Gasteiger partial charge in [0.1, 0.15) is 11.4 Å². The van der Waals surface area contributed by atoms with Gasteiger partial charge in [0.25, 0.3) is 5.91 Å². The van der Waals surface area contributed by atoms with Gasteiger partial charge in [-0.2, -0.15) is 4.98 Å². The molecule has 2 aromatic rings. The summed E-state index contributed by atoms with van der Waals surface area (Å²) in [7, 11) is 3.92. The molecule has 10 nitrogen and oxygen atoms in total. The van der Waals surface area contributed by atoms with Crippen LogP contribution in [0.5, 0.6) is 5.75 Å². The Morgan fingerprint density at radius 3 is 2.56 bits per heavy atom. The highest BCUT2D eigenvalue weighted by Crippen LogP contribution is 2.40. The molecule has 2 aliphatic heterocycles. The molecule has 3 heterocycles. The largest absolute Gasteiger partial charge is 0.491 e. The Bertz CT molecular complexity index is 1250. The number of hydrogen-bond donors (Lipinski definition) is 2. The summed E-state index contributed by atoms with van der Waals surface area (Å²) < 4.78 is 6.08. The standard InChI is InChI=1S/C31H45N7O3/c1-6-17-41-26-18-21(28(39)33-22-13-15-36(4)16-14-22)11-12-24(26)34-30-32-19-25-27(35-30)38(23-9-7-8-10-23)20-31(2,3)29(40)37(25)5/h11-12,18-19,22-23H,6-10,13-17,20H2,1-5H3,(H,33,39)(H,32,34,35). The van der Waals surface area contributed by atoms with Crippen LogP contribution in [0, 0.1) is 5.41 Å². The molecule has 10 heteroatoms. The number of likely N-dealkylation sites (tertiary alicyclic amines) is 1. The van der Waals surface area contributed by atoms with Crippen molar-refractivity contribution in [2.45, 2.75) is 77.8 Å². The second kappa shape index (κ2) is 12.2. The predicted molar refractivity (Wildman–Crippen MR) is 162 cm³/mol. The number of rotatable bonds is 8. The van der Waals surface area contributed by atoms with Crippen LogP contribution in [0.25, 0.3) is 0 Å². The van der Waals surface area contributed by atoms with Gasteiger partial charge in [-0.15, -0.1) is 0 Å². The van der Waals surface area contributed by atoms with Crippen LogP contribution in [-0.2, 0) is 4.79 Å². The molecule has 0 atom stereocenters. The number of anilines is 4. The molecule has 5 rings (SSSR count). The van der Waals surface area contributed by atoms with E-state index in [4.69, 9.17) is 9.72 Å². The summed E-state index contributed by atoms with van der Waals surface area (Å²) in [6.45, 7) is 9.17. The number of hydrogen-bond acceptors (Lipinski definition) is 8. The van der Waals surface area contributed by atoms with Crippen LogP contribution in [0.4, 0.5) is 23.1 Å². The maximum Gasteiger partial charge on any atom is 0.251 e. The molecule has 3 aliphatic rings. The van der Waals surface area contributed by atoms with Gasteiger partial charge in [0, 0.05) is 31.2 Å². The second-order valence-corrected chi connectivity index (χ2v) is 12.5. The number of amides is 2. The first-order chi connectivity index (χ1) is 19.7. The minimum atomic E-state index is -0.545. The Balaban J connectivity index is 1.41. The van der Waals surface area contributed by atoms with E-state index in [-0.39, 0.29) is 17.9 Å². The van der Waals surface area contributed by atoms with Crippen molar-refractivity contribution in [2.24, 2.45) is 5.41 Å². The predicted octanol–water partition coefficient (Wildman–Crippen LogP) is 4.58. The van der Waals surface area contributed by atoms with E-state index >= 15 is 0 Å². The van der Waals surface area contributed by atoms with Gasteiger partial charge in [0.15, 0.2) is 5.82 Å². The Hall–Kier alpha value is -3.40. The van der Waals surface area contributed by atoms with Crippen molar-refractivity contribution in [1.82, 2.24) is 20.2 Å². The molecule has 1 aromatic carbocycles. The minimum absolute atomic E-state index is 0.0629. The molecular formula is C31H45N7O3. The van der Waals surface area contributed by atoms with Crippen molar-refractivity contribution >= 4 is 35.0 Å². The summed E-state index contributed by atoms with van der Waals surface area (Å²) in [6, 6.07) is 6.00. The van der Waals surface area contributed by atoms with Crippen molar-refractivity contribution in [3.05, 3.63) is 30.0 Å². The summed E-state index contributed by atoms with van der Waals surface area (Å²) in [4.78, 5) is 42.3. The number of nitrogens with zero attached hydrogens (tertiary/aromatic N) is 5. The first-order valence-electron chi connectivity index (χ1n) is 15.1. The van der Waals surface area contributed by atoms with Crippen LogP contribution in [0.3, 0.4) is 0 Å². The van der Waals surface area contributed by atoms with E-state index in [0.29, 0.717) is 42.1 Å². The molecule has 0 radical (unpaired) electrons. The molecule has 41 heavy (non-hydrogen) atoms. The molecule has 0 unspecified atom stereocenters. The third-order valence-corrected chi connectivity index (χ3v) is 8.60. The van der Waals surface area contributed by atoms with Crippen LogP contribution in [0.1, 0.15) is 76.1 Å². The van der Waals surface area contributed by atoms with Gasteiger partial charge in [-0.25, -0.2) is 4.98 Å². The quantitative estimate of drug-likeness (QED) is 0.481. The number of nitrogens with one attached hydrogen (secondary N) is 2. The third-order valence-electron chi connectivity index (χ3n) is 8.60. The summed E-state index contributed by atoms with van der Waals surface area (Å²) >= 11 is 0. The summed E-state index contributed by atoms with van der Waals surface area (Å²) in [5, 5.41) is 6.54. The van der Waals surface area contributed by atoms with E-state index in [9.17, 15) is 9.59 Å². The molecule has 0 bridgehead atoms. The highest BCUT2D eigenvalue weighted by atomic mass is 16.5. The minimum Gasteiger partial charge on any atom is -0.491 e. The number of ether oxygens (including phenoxy) is 1. The summed E-state index contributed by atoms with van der Waals surface area (Å²) in [5.41, 5.74) is 1.44. The molecule has 1 aliphatic carbocycles. The highest BCUT2D eigenvalue weighted by molar-refractivity contribution is 6.01. The maximum atomic E-state index is 13.3. The number of carbonyl (C=O) groups is 2. The fourth-order valence-electron chi connectivity index (χ4n) is 6.16. The number of piperidine rings is 1. The smallest absolute Gasteiger partial charge is 0.251 e. The normalized spacial score (nSPS) is 20.1. The van der Waals surface area contributed by atoms with Gasteiger partial charge in [0.05, 0.1) is 23.9 Å². The zero-order chi connectivity index (χ0) is 29.1. The molecule has 1 saturated carbocycles. The van der Waals surface area contributed by atoms with Gasteiger partial charge in [0.2, 0.25) is 11.9 Å². The fraction of sp³-hybridized carbons (Fsp3) is 0.613. The molecule has 222 valence electrons. The molecule has 2 fully saturated rings. The average Bonchev–Trinajstić information content (AvgIpc) is 3.48. The second-order valence-electron chi connectivity index (χ2n) is 12.5. The number of carbonyl (C=O) groups excluding carboxylic acids is 2. The lowest BCUT2D eigenvalue weighted by molar-refractivity contribution is -0.125. The van der Waals surface area contributed by atoms with E-state index in [1.807, 2.05) is 33.0 Å². The van der Waals surface area contributed by atoms with E-state index in [1.165, 1.54) is 12.8 Å². The van der Waals surface area contributed by atoms with Gasteiger partial charge in [-0.05, 0) is 84.3 Å². The molecule has 2 amide bonds. The molecule has 0 spiro atoms. The Morgan fingerprint density at radius 1 is 1.12 bits per heavy atom. The lowest BCUT2D eigenvalue weighted by Crippen LogP contribution is -2.45. The van der Waals surface area contributed by atoms with E-state index in [2.05, 4.69) is 39.4 Å². The first kappa shape index (κ1) is 29.1. The Morgan fingerprint density at radius 2 is 1.85 bits per heavy atom. The summed E-state index contributed by atoms with van der Waals surface area (Å²) in [5.74, 6) is 1.77. The van der Waals surface area contributed by atoms with E-state index in [1.54, 1.807) is 17.2 Å². The van der Waals surface area contributed by atoms with Gasteiger partial charge in [-0.3, -0.25) is 9.59 Å². The van der Waals surface area contributed by atoms with Crippen molar-refractivity contribution < 1.29 is 14.3 Å². The maximum absolute atomic E-state index is 13.3. The van der Waals surface area contributed by atoms with Gasteiger partial charge in [-0.1, -0.05) is 19.8 Å². The molecule has 2 N–H and O–H groups in total. The van der Waals surface area contributed by atoms with Crippen molar-refractivity contribution in [1.29, 1.82) is 0 Å². The number of benzene rings is 1. The zero-order valence-corrected chi connectivity index (χ0v) is 25.2. The van der Waals surface area contributed by atoms with Crippen molar-refractivity contribution in [3.63, 3.8) is 0 Å². The molecule has 1 aromatic heterocycles. The molecule has 1 saturated heterocycles. The third kappa shape index (κ3) is 6.42. The zero-order valence-electron chi connectivity index (χ0n) is 25.2. The lowest BCUT2D eigenvalue weighted by atomic mass is 9.91. The Labute approximate surface area is 243 Å². The van der Waals surface area contributed by atoms with Crippen LogP contribution in [0.2, 0.25) is 0 Å². The van der Waals surface area contributed by atoms with Crippen molar-refractivity contribution in [2.75, 3.05) is 55.5 Å². The highest BCUT2D eigenvalue weighted by Gasteiger charge is 2.41. The SMILES string of the molecule is CCCOc1cc(C(=O)NC2CCN(C)CC2)ccc1Nc1ncc2c(n1)N(C1CCCC1)CC(C)(C)C(=O)N2C. The van der Waals surface area contributed by atoms with Crippen LogP contribution in [0.15, 0.2) is 24.4 Å². The summed E-state index contributed by atoms with van der Waals surface area (Å²) in [6.07, 6.45) is 9.04. The Kier molecular flexibility index (Phi) is 8.68. The van der Waals surface area contributed by atoms with E-state index in [0.717, 1.165) is 56.7 Å². The fourth-order valence-corrected chi connectivity index (χ4v) is 6.16. The van der Waals surface area contributed by atoms with Crippen LogP contribution in [-0.4, -0.2) is 79.1 Å². The van der Waals surface area contributed by atoms with Gasteiger partial charge >= 0.3 is 0 Å². The van der Waals surface area contributed by atoms with Crippen LogP contribution < -0.4 is 25.2 Å². The average molecular weight is 564 g/mol. The number of fused-ring (bicyclic) bond motifs is 1. The van der Waals surface area contributed by atoms with Crippen molar-refractivity contribution in [3.8, 4) is 5.75 Å².